The van der Waals surface area contributed by atoms with E-state index >= 15 is 0 Å². The maximum absolute atomic E-state index is 12.5. The van der Waals surface area contributed by atoms with Crippen molar-refractivity contribution >= 4 is 5.91 Å². The molecule has 1 aliphatic rings. The van der Waals surface area contributed by atoms with Gasteiger partial charge in [0.1, 0.15) is 5.75 Å². The van der Waals surface area contributed by atoms with Gasteiger partial charge in [-0.2, -0.15) is 0 Å². The van der Waals surface area contributed by atoms with Crippen LogP contribution in [-0.2, 0) is 6.42 Å². The standard InChI is InChI=1S/C18H19NO3/c20-15-8-9-19(12-15)18(22)16-11-14(6-7-17(16)21)10-13-4-2-1-3-5-13/h1-7,11,15,20-21H,8-10,12H2/t15-/m0/s1. The minimum absolute atomic E-state index is 0.0109. The normalized spacial score (nSPS) is 17.7. The van der Waals surface area contributed by atoms with Crippen LogP contribution in [0.3, 0.4) is 0 Å². The molecule has 22 heavy (non-hydrogen) atoms. The fourth-order valence-corrected chi connectivity index (χ4v) is 2.79. The number of hydrogen-bond acceptors (Lipinski definition) is 3. The summed E-state index contributed by atoms with van der Waals surface area (Å²) in [7, 11) is 0. The van der Waals surface area contributed by atoms with Crippen LogP contribution in [0, 0.1) is 0 Å². The lowest BCUT2D eigenvalue weighted by atomic mass is 10.0. The highest BCUT2D eigenvalue weighted by molar-refractivity contribution is 5.97. The number of carbonyl (C=O) groups excluding carboxylic acids is 1. The summed E-state index contributed by atoms with van der Waals surface area (Å²) in [4.78, 5) is 14.1. The van der Waals surface area contributed by atoms with E-state index < -0.39 is 6.10 Å². The molecule has 0 bridgehead atoms. The summed E-state index contributed by atoms with van der Waals surface area (Å²) in [6, 6.07) is 15.1. The topological polar surface area (TPSA) is 60.8 Å². The first kappa shape index (κ1) is 14.6. The van der Waals surface area contributed by atoms with Gasteiger partial charge in [0.25, 0.3) is 5.91 Å². The van der Waals surface area contributed by atoms with Gasteiger partial charge in [-0.25, -0.2) is 0 Å². The summed E-state index contributed by atoms with van der Waals surface area (Å²) in [5, 5.41) is 19.5. The van der Waals surface area contributed by atoms with Gasteiger partial charge >= 0.3 is 0 Å². The molecule has 1 heterocycles. The quantitative estimate of drug-likeness (QED) is 0.913. The number of carbonyl (C=O) groups is 1. The van der Waals surface area contributed by atoms with Gasteiger partial charge < -0.3 is 15.1 Å². The second kappa shape index (κ2) is 6.20. The number of phenolic OH excluding ortho intramolecular Hbond substituents is 1. The number of β-amino-alcohol motifs (C(OH)–C–C–N with tert-alkyl or cyclic N) is 1. The van der Waals surface area contributed by atoms with Crippen molar-refractivity contribution in [2.75, 3.05) is 13.1 Å². The van der Waals surface area contributed by atoms with E-state index in [9.17, 15) is 15.0 Å². The Kier molecular flexibility index (Phi) is 4.11. The number of hydrogen-bond donors (Lipinski definition) is 2. The Balaban J connectivity index is 1.82. The molecule has 1 aliphatic heterocycles. The average Bonchev–Trinajstić information content (AvgIpc) is 2.96. The summed E-state index contributed by atoms with van der Waals surface area (Å²) in [5.41, 5.74) is 2.44. The third-order valence-corrected chi connectivity index (χ3v) is 3.99. The van der Waals surface area contributed by atoms with Crippen molar-refractivity contribution in [1.82, 2.24) is 4.90 Å². The molecule has 1 atom stereocenters. The molecule has 4 heteroatoms. The summed E-state index contributed by atoms with van der Waals surface area (Å²) in [6.07, 6.45) is 0.846. The molecule has 4 nitrogen and oxygen atoms in total. The number of aliphatic hydroxyl groups is 1. The molecule has 1 fully saturated rings. The van der Waals surface area contributed by atoms with Crippen molar-refractivity contribution in [3.63, 3.8) is 0 Å². The molecule has 0 radical (unpaired) electrons. The highest BCUT2D eigenvalue weighted by atomic mass is 16.3. The van der Waals surface area contributed by atoms with Crippen LogP contribution in [0.4, 0.5) is 0 Å². The fraction of sp³-hybridized carbons (Fsp3) is 0.278. The van der Waals surface area contributed by atoms with Crippen LogP contribution in [0.5, 0.6) is 5.75 Å². The number of benzene rings is 2. The molecule has 0 unspecified atom stereocenters. The first-order chi connectivity index (χ1) is 10.6. The van der Waals surface area contributed by atoms with E-state index in [0.717, 1.165) is 11.1 Å². The Hall–Kier alpha value is -2.33. The number of nitrogens with zero attached hydrogens (tertiary/aromatic N) is 1. The van der Waals surface area contributed by atoms with Crippen molar-refractivity contribution in [1.29, 1.82) is 0 Å². The maximum atomic E-state index is 12.5. The minimum Gasteiger partial charge on any atom is -0.507 e. The molecular formula is C18H19NO3. The fourth-order valence-electron chi connectivity index (χ4n) is 2.79. The molecule has 2 aromatic carbocycles. The van der Waals surface area contributed by atoms with E-state index in [1.807, 2.05) is 36.4 Å². The van der Waals surface area contributed by atoms with E-state index in [-0.39, 0.29) is 11.7 Å². The van der Waals surface area contributed by atoms with Crippen molar-refractivity contribution in [3.05, 3.63) is 65.2 Å². The number of likely N-dealkylation sites (tertiary alicyclic amines) is 1. The van der Waals surface area contributed by atoms with E-state index in [1.165, 1.54) is 0 Å². The Bertz CT molecular complexity index is 669. The molecule has 0 spiro atoms. The predicted octanol–water partition coefficient (Wildman–Crippen LogP) is 2.19. The SMILES string of the molecule is O=C(c1cc(Cc2ccccc2)ccc1O)N1CC[C@H](O)C1. The Labute approximate surface area is 129 Å². The highest BCUT2D eigenvalue weighted by Crippen LogP contribution is 2.23. The lowest BCUT2D eigenvalue weighted by Crippen LogP contribution is -2.29. The lowest BCUT2D eigenvalue weighted by molar-refractivity contribution is 0.0762. The van der Waals surface area contributed by atoms with Crippen LogP contribution < -0.4 is 0 Å². The van der Waals surface area contributed by atoms with E-state index in [1.54, 1.807) is 17.0 Å². The van der Waals surface area contributed by atoms with E-state index in [0.29, 0.717) is 31.5 Å². The second-order valence-electron chi connectivity index (χ2n) is 5.71. The number of aliphatic hydroxyl groups excluding tert-OH is 1. The molecule has 2 aromatic rings. The monoisotopic (exact) mass is 297 g/mol. The minimum atomic E-state index is -0.460. The van der Waals surface area contributed by atoms with Gasteiger partial charge in [0.2, 0.25) is 0 Å². The zero-order chi connectivity index (χ0) is 15.5. The Morgan fingerprint density at radius 2 is 1.91 bits per heavy atom. The zero-order valence-electron chi connectivity index (χ0n) is 12.3. The van der Waals surface area contributed by atoms with Crippen molar-refractivity contribution < 1.29 is 15.0 Å². The van der Waals surface area contributed by atoms with E-state index in [4.69, 9.17) is 0 Å². The molecule has 0 saturated carbocycles. The smallest absolute Gasteiger partial charge is 0.257 e. The molecule has 0 aromatic heterocycles. The third-order valence-electron chi connectivity index (χ3n) is 3.99. The maximum Gasteiger partial charge on any atom is 0.257 e. The summed E-state index contributed by atoms with van der Waals surface area (Å²) in [6.45, 7) is 0.865. The predicted molar refractivity (Wildman–Crippen MR) is 83.9 cm³/mol. The Morgan fingerprint density at radius 1 is 1.14 bits per heavy atom. The third kappa shape index (κ3) is 3.12. The molecule has 1 amide bonds. The van der Waals surface area contributed by atoms with Crippen molar-refractivity contribution in [2.45, 2.75) is 18.9 Å². The molecule has 1 saturated heterocycles. The zero-order valence-corrected chi connectivity index (χ0v) is 12.3. The van der Waals surface area contributed by atoms with Crippen LogP contribution in [0.15, 0.2) is 48.5 Å². The van der Waals surface area contributed by atoms with Gasteiger partial charge in [0, 0.05) is 13.1 Å². The largest absolute Gasteiger partial charge is 0.507 e. The molecular weight excluding hydrogens is 278 g/mol. The van der Waals surface area contributed by atoms with Crippen LogP contribution in [0.2, 0.25) is 0 Å². The summed E-state index contributed by atoms with van der Waals surface area (Å²) < 4.78 is 0. The van der Waals surface area contributed by atoms with Gasteiger partial charge in [-0.3, -0.25) is 4.79 Å². The number of rotatable bonds is 3. The molecule has 0 aliphatic carbocycles. The van der Waals surface area contributed by atoms with Crippen molar-refractivity contribution in [3.8, 4) is 5.75 Å². The highest BCUT2D eigenvalue weighted by Gasteiger charge is 2.27. The number of phenols is 1. The number of amides is 1. The molecule has 114 valence electrons. The summed E-state index contributed by atoms with van der Waals surface area (Å²) >= 11 is 0. The lowest BCUT2D eigenvalue weighted by Gasteiger charge is -2.17. The average molecular weight is 297 g/mol. The van der Waals surface area contributed by atoms with Gasteiger partial charge in [-0.1, -0.05) is 36.4 Å². The van der Waals surface area contributed by atoms with Gasteiger partial charge in [0.05, 0.1) is 11.7 Å². The Morgan fingerprint density at radius 3 is 2.59 bits per heavy atom. The first-order valence-electron chi connectivity index (χ1n) is 7.46. The van der Waals surface area contributed by atoms with Crippen LogP contribution in [-0.4, -0.2) is 40.2 Å². The van der Waals surface area contributed by atoms with Gasteiger partial charge in [-0.15, -0.1) is 0 Å². The molecule has 3 rings (SSSR count). The molecule has 2 N–H and O–H groups in total. The van der Waals surface area contributed by atoms with Gasteiger partial charge in [0.15, 0.2) is 0 Å². The van der Waals surface area contributed by atoms with Crippen molar-refractivity contribution in [2.24, 2.45) is 0 Å². The number of aromatic hydroxyl groups is 1. The van der Waals surface area contributed by atoms with Crippen LogP contribution >= 0.6 is 0 Å². The summed E-state index contributed by atoms with van der Waals surface area (Å²) in [5.74, 6) is -0.229. The first-order valence-corrected chi connectivity index (χ1v) is 7.46. The van der Waals surface area contributed by atoms with E-state index in [2.05, 4.69) is 0 Å². The van der Waals surface area contributed by atoms with Gasteiger partial charge in [-0.05, 0) is 36.1 Å². The van der Waals surface area contributed by atoms with Crippen LogP contribution in [0.25, 0.3) is 0 Å². The van der Waals surface area contributed by atoms with Crippen LogP contribution in [0.1, 0.15) is 27.9 Å². The second-order valence-corrected chi connectivity index (χ2v) is 5.71.